The number of hydrogen-bond donors (Lipinski definition) is 2. The fourth-order valence-electron chi connectivity index (χ4n) is 2.01. The van der Waals surface area contributed by atoms with Crippen molar-refractivity contribution in [3.05, 3.63) is 35.1 Å². The van der Waals surface area contributed by atoms with Crippen LogP contribution in [0.2, 0.25) is 0 Å². The summed E-state index contributed by atoms with van der Waals surface area (Å²) < 4.78 is 13.4. The number of aryl methyl sites for hydroxylation is 1. The van der Waals surface area contributed by atoms with E-state index < -0.39 is 0 Å². The second-order valence-corrected chi connectivity index (χ2v) is 4.84. The fraction of sp³-hybridized carbons (Fsp3) is 0.533. The Balaban J connectivity index is 2.56. The van der Waals surface area contributed by atoms with Crippen molar-refractivity contribution in [3.63, 3.8) is 0 Å². The summed E-state index contributed by atoms with van der Waals surface area (Å²) in [6.07, 6.45) is 2.65. The lowest BCUT2D eigenvalue weighted by Crippen LogP contribution is -2.29. The summed E-state index contributed by atoms with van der Waals surface area (Å²) >= 11 is 0. The van der Waals surface area contributed by atoms with Crippen LogP contribution in [0.4, 0.5) is 4.39 Å². The number of nitrogens with one attached hydrogen (secondary N) is 1. The summed E-state index contributed by atoms with van der Waals surface area (Å²) in [5.74, 6) is -0.361. The Kier molecular flexibility index (Phi) is 6.50. The van der Waals surface area contributed by atoms with E-state index in [2.05, 4.69) is 12.2 Å². The summed E-state index contributed by atoms with van der Waals surface area (Å²) in [5.41, 5.74) is 0.864. The van der Waals surface area contributed by atoms with E-state index in [-0.39, 0.29) is 24.2 Å². The molecule has 1 amide bonds. The number of hydrogen-bond acceptors (Lipinski definition) is 2. The van der Waals surface area contributed by atoms with Gasteiger partial charge in [-0.1, -0.05) is 19.4 Å². The SMILES string of the molecule is CCCC(CCO)CNC(=O)c1ccc(C)c(F)c1. The third-order valence-electron chi connectivity index (χ3n) is 3.22. The molecule has 2 N–H and O–H groups in total. The van der Waals surface area contributed by atoms with Crippen molar-refractivity contribution in [2.24, 2.45) is 5.92 Å². The zero-order valence-corrected chi connectivity index (χ0v) is 11.6. The number of halogens is 1. The largest absolute Gasteiger partial charge is 0.396 e. The number of amides is 1. The van der Waals surface area contributed by atoms with Gasteiger partial charge in [-0.05, 0) is 43.4 Å². The first-order valence-corrected chi connectivity index (χ1v) is 6.73. The number of carbonyl (C=O) groups is 1. The molecule has 1 rings (SSSR count). The van der Waals surface area contributed by atoms with Gasteiger partial charge >= 0.3 is 0 Å². The Labute approximate surface area is 113 Å². The first-order chi connectivity index (χ1) is 9.08. The molecule has 0 aliphatic rings. The highest BCUT2D eigenvalue weighted by Crippen LogP contribution is 2.11. The Morgan fingerprint density at radius 2 is 2.16 bits per heavy atom. The minimum Gasteiger partial charge on any atom is -0.396 e. The summed E-state index contributed by atoms with van der Waals surface area (Å²) in [6.45, 7) is 4.37. The van der Waals surface area contributed by atoms with Gasteiger partial charge in [0, 0.05) is 18.7 Å². The van der Waals surface area contributed by atoms with Crippen LogP contribution < -0.4 is 5.32 Å². The molecule has 0 fully saturated rings. The molecule has 0 saturated carbocycles. The van der Waals surface area contributed by atoms with E-state index in [1.54, 1.807) is 19.1 Å². The maximum atomic E-state index is 13.4. The van der Waals surface area contributed by atoms with Crippen LogP contribution in [0.5, 0.6) is 0 Å². The molecule has 0 spiro atoms. The lowest BCUT2D eigenvalue weighted by molar-refractivity contribution is 0.0942. The fourth-order valence-corrected chi connectivity index (χ4v) is 2.01. The van der Waals surface area contributed by atoms with Crippen molar-refractivity contribution in [3.8, 4) is 0 Å². The topological polar surface area (TPSA) is 49.3 Å². The molecule has 0 aliphatic carbocycles. The van der Waals surface area contributed by atoms with Crippen LogP contribution in [0, 0.1) is 18.7 Å². The van der Waals surface area contributed by atoms with Gasteiger partial charge in [-0.3, -0.25) is 4.79 Å². The highest BCUT2D eigenvalue weighted by molar-refractivity contribution is 5.94. The molecule has 3 nitrogen and oxygen atoms in total. The molecule has 19 heavy (non-hydrogen) atoms. The molecule has 0 heterocycles. The monoisotopic (exact) mass is 267 g/mol. The van der Waals surface area contributed by atoms with Crippen LogP contribution in [0.1, 0.15) is 42.1 Å². The van der Waals surface area contributed by atoms with Crippen LogP contribution in [0.15, 0.2) is 18.2 Å². The smallest absolute Gasteiger partial charge is 0.251 e. The van der Waals surface area contributed by atoms with Gasteiger partial charge in [-0.15, -0.1) is 0 Å². The second kappa shape index (κ2) is 7.89. The van der Waals surface area contributed by atoms with E-state index in [1.165, 1.54) is 6.07 Å². The van der Waals surface area contributed by atoms with Gasteiger partial charge in [0.1, 0.15) is 5.82 Å². The van der Waals surface area contributed by atoms with E-state index in [0.29, 0.717) is 24.1 Å². The van der Waals surface area contributed by atoms with Gasteiger partial charge < -0.3 is 10.4 Å². The van der Waals surface area contributed by atoms with Crippen LogP contribution in [-0.2, 0) is 0 Å². The average molecular weight is 267 g/mol. The van der Waals surface area contributed by atoms with Gasteiger partial charge in [0.2, 0.25) is 0 Å². The van der Waals surface area contributed by atoms with Crippen molar-refractivity contribution in [2.75, 3.05) is 13.2 Å². The molecular weight excluding hydrogens is 245 g/mol. The standard InChI is InChI=1S/C15H22FNO2/c1-3-4-12(7-8-18)10-17-15(19)13-6-5-11(2)14(16)9-13/h5-6,9,12,18H,3-4,7-8,10H2,1-2H3,(H,17,19). The molecule has 0 aliphatic heterocycles. The van der Waals surface area contributed by atoms with Crippen LogP contribution in [-0.4, -0.2) is 24.2 Å². The molecular formula is C15H22FNO2. The quantitative estimate of drug-likeness (QED) is 0.798. The molecule has 0 saturated heterocycles. The Morgan fingerprint density at radius 1 is 1.42 bits per heavy atom. The van der Waals surface area contributed by atoms with Gasteiger partial charge in [0.25, 0.3) is 5.91 Å². The van der Waals surface area contributed by atoms with Gasteiger partial charge in [0.05, 0.1) is 0 Å². The predicted octanol–water partition coefficient (Wildman–Crippen LogP) is 2.66. The normalized spacial score (nSPS) is 12.2. The van der Waals surface area contributed by atoms with Crippen molar-refractivity contribution in [1.29, 1.82) is 0 Å². The summed E-state index contributed by atoms with van der Waals surface area (Å²) in [5, 5.41) is 11.7. The molecule has 1 aromatic rings. The number of aliphatic hydroxyl groups is 1. The van der Waals surface area contributed by atoms with E-state index in [1.807, 2.05) is 0 Å². The zero-order valence-electron chi connectivity index (χ0n) is 11.6. The lowest BCUT2D eigenvalue weighted by atomic mass is 10.00. The van der Waals surface area contributed by atoms with Crippen molar-refractivity contribution in [1.82, 2.24) is 5.32 Å². The zero-order chi connectivity index (χ0) is 14.3. The van der Waals surface area contributed by atoms with Crippen molar-refractivity contribution >= 4 is 5.91 Å². The third kappa shape index (κ3) is 4.99. The Hall–Kier alpha value is -1.42. The predicted molar refractivity (Wildman–Crippen MR) is 73.6 cm³/mol. The molecule has 0 radical (unpaired) electrons. The lowest BCUT2D eigenvalue weighted by Gasteiger charge is -2.15. The molecule has 0 bridgehead atoms. The summed E-state index contributed by atoms with van der Waals surface area (Å²) in [7, 11) is 0. The average Bonchev–Trinajstić information content (AvgIpc) is 2.39. The molecule has 1 unspecified atom stereocenters. The molecule has 106 valence electrons. The van der Waals surface area contributed by atoms with Crippen LogP contribution in [0.25, 0.3) is 0 Å². The minimum absolute atomic E-state index is 0.125. The van der Waals surface area contributed by atoms with Crippen molar-refractivity contribution in [2.45, 2.75) is 33.1 Å². The first-order valence-electron chi connectivity index (χ1n) is 6.73. The number of benzene rings is 1. The third-order valence-corrected chi connectivity index (χ3v) is 3.22. The van der Waals surface area contributed by atoms with E-state index in [0.717, 1.165) is 12.8 Å². The first kappa shape index (κ1) is 15.6. The molecule has 1 atom stereocenters. The van der Waals surface area contributed by atoms with Crippen LogP contribution in [0.3, 0.4) is 0 Å². The number of rotatable bonds is 7. The van der Waals surface area contributed by atoms with E-state index in [4.69, 9.17) is 5.11 Å². The highest BCUT2D eigenvalue weighted by Gasteiger charge is 2.11. The highest BCUT2D eigenvalue weighted by atomic mass is 19.1. The van der Waals surface area contributed by atoms with Gasteiger partial charge in [-0.2, -0.15) is 0 Å². The molecule has 4 heteroatoms. The maximum Gasteiger partial charge on any atom is 0.251 e. The second-order valence-electron chi connectivity index (χ2n) is 4.84. The maximum absolute atomic E-state index is 13.4. The number of aliphatic hydroxyl groups excluding tert-OH is 1. The van der Waals surface area contributed by atoms with Gasteiger partial charge in [0.15, 0.2) is 0 Å². The van der Waals surface area contributed by atoms with E-state index >= 15 is 0 Å². The summed E-state index contributed by atoms with van der Waals surface area (Å²) in [6, 6.07) is 4.47. The Bertz CT molecular complexity index is 415. The van der Waals surface area contributed by atoms with E-state index in [9.17, 15) is 9.18 Å². The Morgan fingerprint density at radius 3 is 2.74 bits per heavy atom. The number of carbonyl (C=O) groups excluding carboxylic acids is 1. The molecule has 1 aromatic carbocycles. The minimum atomic E-state index is -0.367. The summed E-state index contributed by atoms with van der Waals surface area (Å²) in [4.78, 5) is 11.9. The van der Waals surface area contributed by atoms with Gasteiger partial charge in [-0.25, -0.2) is 4.39 Å². The van der Waals surface area contributed by atoms with Crippen LogP contribution >= 0.6 is 0 Å². The molecule has 0 aromatic heterocycles. The van der Waals surface area contributed by atoms with Crippen molar-refractivity contribution < 1.29 is 14.3 Å².